The fourth-order valence-corrected chi connectivity index (χ4v) is 3.09. The summed E-state index contributed by atoms with van der Waals surface area (Å²) in [5.74, 6) is 0. The van der Waals surface area contributed by atoms with Crippen molar-refractivity contribution in [3.8, 4) is 6.19 Å². The number of piperazine rings is 1. The normalized spacial score (nSPS) is 29.9. The first-order valence-electron chi connectivity index (χ1n) is 6.87. The number of hydrogen-bond donors (Lipinski definition) is 0. The van der Waals surface area contributed by atoms with Gasteiger partial charge in [0.15, 0.2) is 6.19 Å². The molecule has 17 heavy (non-hydrogen) atoms. The van der Waals surface area contributed by atoms with Gasteiger partial charge in [-0.1, -0.05) is 0 Å². The van der Waals surface area contributed by atoms with Crippen LogP contribution in [0.25, 0.3) is 0 Å². The molecule has 0 spiro atoms. The molecular formula is C13H24N4. The van der Waals surface area contributed by atoms with E-state index in [1.165, 1.54) is 32.5 Å². The van der Waals surface area contributed by atoms with Gasteiger partial charge in [-0.15, -0.1) is 0 Å². The molecular weight excluding hydrogens is 212 g/mol. The van der Waals surface area contributed by atoms with E-state index in [0.717, 1.165) is 25.7 Å². The average Bonchev–Trinajstić information content (AvgIpc) is 2.77. The molecule has 0 aromatic heterocycles. The molecule has 2 saturated heterocycles. The third-order valence-electron chi connectivity index (χ3n) is 4.25. The standard InChI is InChI=1S/C13H24N4/c1-3-15(11-14)7-8-16-10-13-5-4-6-17(13)9-12(16)2/h12-13H,3-10H2,1-2H3/t12-,13-/m0/s1. The zero-order valence-corrected chi connectivity index (χ0v) is 11.1. The minimum atomic E-state index is 0.641. The van der Waals surface area contributed by atoms with Crippen LogP contribution in [-0.4, -0.2) is 66.1 Å². The molecule has 2 fully saturated rings. The van der Waals surface area contributed by atoms with Gasteiger partial charge in [-0.2, -0.15) is 5.26 Å². The monoisotopic (exact) mass is 236 g/mol. The van der Waals surface area contributed by atoms with Crippen LogP contribution >= 0.6 is 0 Å². The third kappa shape index (κ3) is 2.91. The van der Waals surface area contributed by atoms with Crippen molar-refractivity contribution in [1.82, 2.24) is 14.7 Å². The first-order chi connectivity index (χ1) is 8.24. The molecule has 0 bridgehead atoms. The Hall–Kier alpha value is -0.790. The van der Waals surface area contributed by atoms with Crippen LogP contribution in [0.1, 0.15) is 26.7 Å². The van der Waals surface area contributed by atoms with E-state index < -0.39 is 0 Å². The molecule has 0 unspecified atom stereocenters. The summed E-state index contributed by atoms with van der Waals surface area (Å²) in [5.41, 5.74) is 0. The average molecular weight is 236 g/mol. The summed E-state index contributed by atoms with van der Waals surface area (Å²) in [4.78, 5) is 7.04. The minimum Gasteiger partial charge on any atom is -0.310 e. The van der Waals surface area contributed by atoms with Crippen LogP contribution in [-0.2, 0) is 0 Å². The lowest BCUT2D eigenvalue weighted by Crippen LogP contribution is -2.56. The Morgan fingerprint density at radius 3 is 2.94 bits per heavy atom. The first kappa shape index (κ1) is 12.7. The van der Waals surface area contributed by atoms with Crippen LogP contribution in [0.4, 0.5) is 0 Å². The maximum Gasteiger partial charge on any atom is 0.179 e. The lowest BCUT2D eigenvalue weighted by Gasteiger charge is -2.42. The molecule has 0 aromatic rings. The number of rotatable bonds is 4. The van der Waals surface area contributed by atoms with Gasteiger partial charge in [0.1, 0.15) is 0 Å². The SMILES string of the molecule is CCN(C#N)CCN1C[C@@H]2CCCN2C[C@@H]1C. The molecule has 2 rings (SSSR count). The highest BCUT2D eigenvalue weighted by Crippen LogP contribution is 2.24. The van der Waals surface area contributed by atoms with E-state index in [0.29, 0.717) is 6.04 Å². The highest BCUT2D eigenvalue weighted by Gasteiger charge is 2.33. The van der Waals surface area contributed by atoms with Crippen LogP contribution in [0.5, 0.6) is 0 Å². The maximum atomic E-state index is 8.92. The van der Waals surface area contributed by atoms with E-state index in [1.54, 1.807) is 0 Å². The van der Waals surface area contributed by atoms with Crippen LogP contribution in [0.3, 0.4) is 0 Å². The van der Waals surface area contributed by atoms with E-state index in [2.05, 4.69) is 22.9 Å². The van der Waals surface area contributed by atoms with Crippen molar-refractivity contribution in [3.05, 3.63) is 0 Å². The molecule has 2 heterocycles. The molecule has 0 saturated carbocycles. The van der Waals surface area contributed by atoms with E-state index in [9.17, 15) is 0 Å². The molecule has 0 aromatic carbocycles. The number of nitriles is 1. The minimum absolute atomic E-state index is 0.641. The quantitative estimate of drug-likeness (QED) is 0.538. The molecule has 4 nitrogen and oxygen atoms in total. The summed E-state index contributed by atoms with van der Waals surface area (Å²) >= 11 is 0. The Morgan fingerprint density at radius 2 is 2.24 bits per heavy atom. The largest absolute Gasteiger partial charge is 0.310 e. The second-order valence-corrected chi connectivity index (χ2v) is 5.31. The van der Waals surface area contributed by atoms with Gasteiger partial charge < -0.3 is 4.90 Å². The Morgan fingerprint density at radius 1 is 1.41 bits per heavy atom. The lowest BCUT2D eigenvalue weighted by atomic mass is 10.1. The Balaban J connectivity index is 1.82. The Labute approximate surface area is 105 Å². The van der Waals surface area contributed by atoms with Crippen molar-refractivity contribution in [2.45, 2.75) is 38.8 Å². The van der Waals surface area contributed by atoms with Gasteiger partial charge in [0, 0.05) is 44.8 Å². The number of fused-ring (bicyclic) bond motifs is 1. The molecule has 2 atom stereocenters. The van der Waals surface area contributed by atoms with Crippen LogP contribution < -0.4 is 0 Å². The highest BCUT2D eigenvalue weighted by molar-refractivity contribution is 4.91. The zero-order chi connectivity index (χ0) is 12.3. The molecule has 2 aliphatic heterocycles. The summed E-state index contributed by atoms with van der Waals surface area (Å²) in [5, 5.41) is 8.92. The zero-order valence-electron chi connectivity index (χ0n) is 11.1. The van der Waals surface area contributed by atoms with Crippen LogP contribution in [0.2, 0.25) is 0 Å². The fraction of sp³-hybridized carbons (Fsp3) is 0.923. The highest BCUT2D eigenvalue weighted by atomic mass is 15.3. The second-order valence-electron chi connectivity index (χ2n) is 5.31. The topological polar surface area (TPSA) is 33.5 Å². The third-order valence-corrected chi connectivity index (χ3v) is 4.25. The molecule has 0 aliphatic carbocycles. The van der Waals surface area contributed by atoms with Crippen LogP contribution in [0, 0.1) is 11.5 Å². The molecule has 0 amide bonds. The number of nitrogens with zero attached hydrogens (tertiary/aromatic N) is 4. The van der Waals surface area contributed by atoms with Crippen molar-refractivity contribution < 1.29 is 0 Å². The number of likely N-dealkylation sites (N-methyl/N-ethyl adjacent to an activating group) is 1. The molecule has 2 aliphatic rings. The molecule has 96 valence electrons. The van der Waals surface area contributed by atoms with Gasteiger partial charge in [-0.05, 0) is 33.2 Å². The molecule has 0 N–H and O–H groups in total. The van der Waals surface area contributed by atoms with Crippen molar-refractivity contribution in [2.24, 2.45) is 0 Å². The van der Waals surface area contributed by atoms with Gasteiger partial charge in [0.25, 0.3) is 0 Å². The van der Waals surface area contributed by atoms with Crippen LogP contribution in [0.15, 0.2) is 0 Å². The number of hydrogen-bond acceptors (Lipinski definition) is 4. The van der Waals surface area contributed by atoms with E-state index in [4.69, 9.17) is 5.26 Å². The predicted octanol–water partition coefficient (Wildman–Crippen LogP) is 0.958. The Kier molecular flexibility index (Phi) is 4.25. The van der Waals surface area contributed by atoms with Gasteiger partial charge in [0.05, 0.1) is 0 Å². The van der Waals surface area contributed by atoms with E-state index >= 15 is 0 Å². The predicted molar refractivity (Wildman–Crippen MR) is 68.5 cm³/mol. The summed E-state index contributed by atoms with van der Waals surface area (Å²) in [6.45, 7) is 10.8. The first-order valence-corrected chi connectivity index (χ1v) is 6.87. The summed E-state index contributed by atoms with van der Waals surface area (Å²) in [6.07, 6.45) is 4.97. The van der Waals surface area contributed by atoms with Crippen molar-refractivity contribution >= 4 is 0 Å². The van der Waals surface area contributed by atoms with Gasteiger partial charge >= 0.3 is 0 Å². The van der Waals surface area contributed by atoms with Gasteiger partial charge in [-0.25, -0.2) is 0 Å². The smallest absolute Gasteiger partial charge is 0.179 e. The van der Waals surface area contributed by atoms with Gasteiger partial charge in [-0.3, -0.25) is 9.80 Å². The lowest BCUT2D eigenvalue weighted by molar-refractivity contribution is 0.0557. The fourth-order valence-electron chi connectivity index (χ4n) is 3.09. The molecule has 4 heteroatoms. The van der Waals surface area contributed by atoms with E-state index in [-0.39, 0.29) is 0 Å². The van der Waals surface area contributed by atoms with Crippen molar-refractivity contribution in [3.63, 3.8) is 0 Å². The molecule has 0 radical (unpaired) electrons. The van der Waals surface area contributed by atoms with Crippen molar-refractivity contribution in [2.75, 3.05) is 39.3 Å². The van der Waals surface area contributed by atoms with E-state index in [1.807, 2.05) is 11.8 Å². The summed E-state index contributed by atoms with van der Waals surface area (Å²) < 4.78 is 0. The second kappa shape index (κ2) is 5.70. The van der Waals surface area contributed by atoms with Crippen molar-refractivity contribution in [1.29, 1.82) is 5.26 Å². The van der Waals surface area contributed by atoms with Gasteiger partial charge in [0.2, 0.25) is 0 Å². The summed E-state index contributed by atoms with van der Waals surface area (Å²) in [6, 6.07) is 1.42. The Bertz CT molecular complexity index is 286. The summed E-state index contributed by atoms with van der Waals surface area (Å²) in [7, 11) is 0. The maximum absolute atomic E-state index is 8.92.